The van der Waals surface area contributed by atoms with Gasteiger partial charge in [0.15, 0.2) is 5.69 Å². The maximum absolute atomic E-state index is 12.5. The first-order chi connectivity index (χ1) is 9.82. The van der Waals surface area contributed by atoms with Crippen molar-refractivity contribution in [3.05, 3.63) is 18.1 Å². The molecule has 0 aromatic carbocycles. The van der Waals surface area contributed by atoms with E-state index < -0.39 is 36.0 Å². The Hall–Kier alpha value is -1.45. The van der Waals surface area contributed by atoms with E-state index in [2.05, 4.69) is 15.3 Å². The molecule has 21 heavy (non-hydrogen) atoms. The minimum atomic E-state index is -4.60. The molecule has 0 amide bonds. The van der Waals surface area contributed by atoms with Crippen LogP contribution >= 0.6 is 0 Å². The van der Waals surface area contributed by atoms with Crippen LogP contribution in [0, 0.1) is 5.92 Å². The summed E-state index contributed by atoms with van der Waals surface area (Å²) in [5, 5.41) is 31.4. The number of aliphatic hydroxyl groups excluding tert-OH is 3. The minimum Gasteiger partial charge on any atom is -0.396 e. The average Bonchev–Trinajstić information content (AvgIpc) is 2.44. The van der Waals surface area contributed by atoms with Crippen molar-refractivity contribution in [1.82, 2.24) is 9.97 Å². The number of alkyl halides is 3. The van der Waals surface area contributed by atoms with E-state index in [0.29, 0.717) is 19.0 Å². The predicted octanol–water partition coefficient (Wildman–Crippen LogP) is 0.400. The maximum atomic E-state index is 12.5. The van der Waals surface area contributed by atoms with Crippen LogP contribution < -0.4 is 5.32 Å². The Bertz CT molecular complexity index is 486. The molecule has 1 aliphatic carbocycles. The van der Waals surface area contributed by atoms with Crippen LogP contribution in [0.3, 0.4) is 0 Å². The molecular formula is C12H16F3N3O3. The number of halogens is 3. The normalized spacial score (nSPS) is 30.2. The molecule has 0 saturated heterocycles. The van der Waals surface area contributed by atoms with E-state index >= 15 is 0 Å². The van der Waals surface area contributed by atoms with E-state index in [1.54, 1.807) is 0 Å². The molecule has 4 atom stereocenters. The molecule has 0 spiro atoms. The Kier molecular flexibility index (Phi) is 4.64. The van der Waals surface area contributed by atoms with Gasteiger partial charge in [0, 0.05) is 12.5 Å². The lowest BCUT2D eigenvalue weighted by Crippen LogP contribution is -2.50. The fourth-order valence-corrected chi connectivity index (χ4v) is 2.37. The fourth-order valence-electron chi connectivity index (χ4n) is 2.37. The minimum absolute atomic E-state index is 0.122. The predicted molar refractivity (Wildman–Crippen MR) is 66.3 cm³/mol. The van der Waals surface area contributed by atoms with Gasteiger partial charge in [-0.3, -0.25) is 4.98 Å². The molecule has 1 aromatic rings. The second-order valence-corrected chi connectivity index (χ2v) is 5.04. The zero-order valence-electron chi connectivity index (χ0n) is 11.0. The van der Waals surface area contributed by atoms with Crippen molar-refractivity contribution in [3.63, 3.8) is 0 Å². The summed E-state index contributed by atoms with van der Waals surface area (Å²) < 4.78 is 37.6. The molecular weight excluding hydrogens is 291 g/mol. The van der Waals surface area contributed by atoms with Crippen molar-refractivity contribution in [2.24, 2.45) is 5.92 Å². The number of anilines is 1. The van der Waals surface area contributed by atoms with Crippen LogP contribution in [0.4, 0.5) is 19.0 Å². The lowest BCUT2D eigenvalue weighted by atomic mass is 9.82. The van der Waals surface area contributed by atoms with Gasteiger partial charge in [0.25, 0.3) is 0 Å². The highest BCUT2D eigenvalue weighted by atomic mass is 19.4. The van der Waals surface area contributed by atoms with Crippen molar-refractivity contribution in [1.29, 1.82) is 0 Å². The standard InChI is InChI=1S/C12H16F3N3O3/c13-12(14,15)8-3-16-4-9(18-8)17-7-2-1-6(5-19)10(20)11(7)21/h3-4,6-7,10-11,19-21H,1-2,5H2,(H,17,18)/t6-,7+,10+,11?/m1/s1. The number of hydrogen-bond donors (Lipinski definition) is 4. The van der Waals surface area contributed by atoms with E-state index in [-0.39, 0.29) is 12.4 Å². The van der Waals surface area contributed by atoms with Gasteiger partial charge in [-0.1, -0.05) is 0 Å². The number of hydrogen-bond acceptors (Lipinski definition) is 6. The van der Waals surface area contributed by atoms with Crippen LogP contribution in [-0.4, -0.2) is 50.1 Å². The van der Waals surface area contributed by atoms with Crippen molar-refractivity contribution in [2.45, 2.75) is 37.3 Å². The highest BCUT2D eigenvalue weighted by Gasteiger charge is 2.38. The largest absolute Gasteiger partial charge is 0.434 e. The summed E-state index contributed by atoms with van der Waals surface area (Å²) in [6.07, 6.45) is -4.38. The lowest BCUT2D eigenvalue weighted by molar-refractivity contribution is -0.141. The first-order valence-corrected chi connectivity index (χ1v) is 6.45. The van der Waals surface area contributed by atoms with Crippen molar-refractivity contribution < 1.29 is 28.5 Å². The summed E-state index contributed by atoms with van der Waals surface area (Å²) >= 11 is 0. The average molecular weight is 307 g/mol. The summed E-state index contributed by atoms with van der Waals surface area (Å²) in [5.41, 5.74) is -1.13. The quantitative estimate of drug-likeness (QED) is 0.645. The smallest absolute Gasteiger partial charge is 0.396 e. The molecule has 1 aromatic heterocycles. The molecule has 2 rings (SSSR count). The number of aliphatic hydroxyl groups is 3. The van der Waals surface area contributed by atoms with E-state index in [1.165, 1.54) is 0 Å². The summed E-state index contributed by atoms with van der Waals surface area (Å²) in [7, 11) is 0. The monoisotopic (exact) mass is 307 g/mol. The van der Waals surface area contributed by atoms with Crippen LogP contribution in [0.2, 0.25) is 0 Å². The number of aromatic nitrogens is 2. The van der Waals surface area contributed by atoms with E-state index in [0.717, 1.165) is 6.20 Å². The molecule has 0 aliphatic heterocycles. The second kappa shape index (κ2) is 6.12. The highest BCUT2D eigenvalue weighted by molar-refractivity contribution is 5.34. The molecule has 0 radical (unpaired) electrons. The summed E-state index contributed by atoms with van der Waals surface area (Å²) in [4.78, 5) is 6.86. The van der Waals surface area contributed by atoms with Gasteiger partial charge in [-0.2, -0.15) is 13.2 Å². The third-order valence-electron chi connectivity index (χ3n) is 3.59. The summed E-state index contributed by atoms with van der Waals surface area (Å²) in [5.74, 6) is -0.561. The molecule has 0 bridgehead atoms. The van der Waals surface area contributed by atoms with Crippen LogP contribution in [0.1, 0.15) is 18.5 Å². The Balaban J connectivity index is 2.08. The fraction of sp³-hybridized carbons (Fsp3) is 0.667. The molecule has 9 heteroatoms. The SMILES string of the molecule is OC[C@H]1CC[C@H](Nc2cncc(C(F)(F)F)n2)C(O)[C@H]1O. The van der Waals surface area contributed by atoms with E-state index in [1.807, 2.05) is 0 Å². The molecule has 1 heterocycles. The molecule has 118 valence electrons. The van der Waals surface area contributed by atoms with Gasteiger partial charge in [0.05, 0.1) is 24.5 Å². The number of nitrogens with one attached hydrogen (secondary N) is 1. The van der Waals surface area contributed by atoms with Crippen molar-refractivity contribution >= 4 is 5.82 Å². The highest BCUT2D eigenvalue weighted by Crippen LogP contribution is 2.29. The molecule has 1 unspecified atom stereocenters. The van der Waals surface area contributed by atoms with Gasteiger partial charge in [-0.25, -0.2) is 4.98 Å². The summed E-state index contributed by atoms with van der Waals surface area (Å²) in [6.45, 7) is -0.256. The first-order valence-electron chi connectivity index (χ1n) is 6.45. The molecule has 1 fully saturated rings. The van der Waals surface area contributed by atoms with Crippen LogP contribution in [0.5, 0.6) is 0 Å². The lowest BCUT2D eigenvalue weighted by Gasteiger charge is -2.37. The van der Waals surface area contributed by atoms with Gasteiger partial charge < -0.3 is 20.6 Å². The van der Waals surface area contributed by atoms with Gasteiger partial charge in [-0.15, -0.1) is 0 Å². The van der Waals surface area contributed by atoms with Crippen LogP contribution in [0.25, 0.3) is 0 Å². The van der Waals surface area contributed by atoms with E-state index in [4.69, 9.17) is 5.11 Å². The number of nitrogens with zero attached hydrogens (tertiary/aromatic N) is 2. The first kappa shape index (κ1) is 15.9. The Morgan fingerprint density at radius 3 is 2.52 bits per heavy atom. The molecule has 1 aliphatic rings. The van der Waals surface area contributed by atoms with Crippen LogP contribution in [0.15, 0.2) is 12.4 Å². The van der Waals surface area contributed by atoms with E-state index in [9.17, 15) is 23.4 Å². The third kappa shape index (κ3) is 3.60. The van der Waals surface area contributed by atoms with Gasteiger partial charge >= 0.3 is 6.18 Å². The zero-order chi connectivity index (χ0) is 15.6. The third-order valence-corrected chi connectivity index (χ3v) is 3.59. The Morgan fingerprint density at radius 2 is 1.90 bits per heavy atom. The summed E-state index contributed by atoms with van der Waals surface area (Å²) in [6, 6.07) is -0.652. The van der Waals surface area contributed by atoms with Crippen molar-refractivity contribution in [2.75, 3.05) is 11.9 Å². The van der Waals surface area contributed by atoms with Crippen LogP contribution in [-0.2, 0) is 6.18 Å². The van der Waals surface area contributed by atoms with Gasteiger partial charge in [0.1, 0.15) is 11.9 Å². The second-order valence-electron chi connectivity index (χ2n) is 5.04. The van der Waals surface area contributed by atoms with Crippen molar-refractivity contribution in [3.8, 4) is 0 Å². The molecule has 1 saturated carbocycles. The zero-order valence-corrected chi connectivity index (χ0v) is 11.0. The topological polar surface area (TPSA) is 98.5 Å². The number of rotatable bonds is 3. The Morgan fingerprint density at radius 1 is 1.19 bits per heavy atom. The Labute approximate surface area is 118 Å². The molecule has 6 nitrogen and oxygen atoms in total. The maximum Gasteiger partial charge on any atom is 0.434 e. The van der Waals surface area contributed by atoms with Gasteiger partial charge in [-0.05, 0) is 12.8 Å². The molecule has 4 N–H and O–H groups in total. The van der Waals surface area contributed by atoms with Gasteiger partial charge in [0.2, 0.25) is 0 Å².